The summed E-state index contributed by atoms with van der Waals surface area (Å²) in [6.45, 7) is 13.9. The topological polar surface area (TPSA) is 157 Å². The Balaban J connectivity index is 0.971. The van der Waals surface area contributed by atoms with Crippen LogP contribution in [-0.2, 0) is 18.9 Å². The minimum atomic E-state index is -0.476. The zero-order chi connectivity index (χ0) is 35.4. The van der Waals surface area contributed by atoms with E-state index in [2.05, 4.69) is 13.2 Å². The third kappa shape index (κ3) is 7.70. The maximum Gasteiger partial charge on any atom is 0.256 e. The second-order valence-electron chi connectivity index (χ2n) is 13.2. The number of nitrogens with zero attached hydrogens (tertiary/aromatic N) is 2. The highest BCUT2D eigenvalue weighted by molar-refractivity contribution is 6.01. The lowest BCUT2D eigenvalue weighted by Gasteiger charge is -2.28. The van der Waals surface area contributed by atoms with Gasteiger partial charge in [0.15, 0.2) is 24.1 Å². The van der Waals surface area contributed by atoms with Crippen molar-refractivity contribution in [3.8, 4) is 17.2 Å². The molecule has 2 aromatic carbocycles. The van der Waals surface area contributed by atoms with Crippen LogP contribution in [0.15, 0.2) is 48.6 Å². The van der Waals surface area contributed by atoms with Crippen molar-refractivity contribution >= 4 is 23.2 Å². The first-order valence-corrected chi connectivity index (χ1v) is 17.2. The lowest BCUT2D eigenvalue weighted by Crippen LogP contribution is -2.43. The van der Waals surface area contributed by atoms with Gasteiger partial charge in [0.05, 0.1) is 70.0 Å². The first-order chi connectivity index (χ1) is 24.1. The van der Waals surface area contributed by atoms with E-state index < -0.39 is 12.6 Å². The number of hydrogen-bond acceptors (Lipinski definition) is 11. The number of hydrogen-bond donors (Lipinski definition) is 2. The molecule has 0 aromatic heterocycles. The van der Waals surface area contributed by atoms with Gasteiger partial charge in [-0.2, -0.15) is 0 Å². The molecule has 4 saturated heterocycles. The number of ether oxygens (including phenoxy) is 7. The Bertz CT molecular complexity index is 1600. The predicted octanol–water partition coefficient (Wildman–Crippen LogP) is 4.08. The Morgan fingerprint density at radius 1 is 0.720 bits per heavy atom. The molecule has 0 unspecified atom stereocenters. The van der Waals surface area contributed by atoms with Crippen molar-refractivity contribution in [3.63, 3.8) is 0 Å². The van der Waals surface area contributed by atoms with Crippen molar-refractivity contribution in [2.75, 3.05) is 71.3 Å². The van der Waals surface area contributed by atoms with Crippen molar-refractivity contribution in [2.24, 2.45) is 0 Å². The molecule has 0 aliphatic carbocycles. The van der Waals surface area contributed by atoms with Gasteiger partial charge >= 0.3 is 0 Å². The van der Waals surface area contributed by atoms with Crippen molar-refractivity contribution in [1.82, 2.24) is 9.80 Å². The van der Waals surface area contributed by atoms with E-state index in [-0.39, 0.29) is 23.9 Å². The van der Waals surface area contributed by atoms with Crippen LogP contribution in [-0.4, -0.2) is 106 Å². The summed E-state index contributed by atoms with van der Waals surface area (Å²) in [5, 5.41) is 0. The summed E-state index contributed by atoms with van der Waals surface area (Å²) in [5.74, 6) is 1.13. The van der Waals surface area contributed by atoms with Crippen LogP contribution in [0.4, 0.5) is 11.4 Å². The molecule has 0 bridgehead atoms. The number of anilines is 2. The summed E-state index contributed by atoms with van der Waals surface area (Å²) in [6, 6.07) is 6.29. The maximum absolute atomic E-state index is 13.6. The highest BCUT2D eigenvalue weighted by Gasteiger charge is 2.41. The molecule has 4 fully saturated rings. The molecule has 2 amide bonds. The van der Waals surface area contributed by atoms with Gasteiger partial charge in [0.25, 0.3) is 11.8 Å². The Kier molecular flexibility index (Phi) is 11.2. The number of benzene rings is 2. The Morgan fingerprint density at radius 3 is 1.68 bits per heavy atom. The number of nitrogens with two attached hydrogens (primary N) is 2. The van der Waals surface area contributed by atoms with Crippen LogP contribution in [0.1, 0.15) is 58.4 Å². The molecule has 0 spiro atoms. The van der Waals surface area contributed by atoms with Gasteiger partial charge in [-0.05, 0) is 56.7 Å². The van der Waals surface area contributed by atoms with E-state index in [1.165, 1.54) is 7.11 Å². The number of carbonyl (C=O) groups is 2. The SMILES string of the molecule is C=C1C[C@@H](C2OCCO2)N(C(=O)c2cc(C)c(OCCCCCOc3cc(N)c(C(=O)N4CC(=C)C[C@H]4C4OCCO4)cc3OC)cc2N)C1. The molecule has 2 aromatic rings. The first-order valence-electron chi connectivity index (χ1n) is 17.2. The van der Waals surface area contributed by atoms with Gasteiger partial charge in [-0.1, -0.05) is 24.3 Å². The second-order valence-corrected chi connectivity index (χ2v) is 13.2. The summed E-state index contributed by atoms with van der Waals surface area (Å²) in [4.78, 5) is 30.6. The molecule has 270 valence electrons. The minimum Gasteiger partial charge on any atom is -0.493 e. The summed E-state index contributed by atoms with van der Waals surface area (Å²) >= 11 is 0. The summed E-state index contributed by atoms with van der Waals surface area (Å²) in [6.07, 6.45) is 2.72. The number of nitrogen functional groups attached to an aromatic ring is 2. The standard InChI is InChI=1S/C37H48N4O9/c1-22-14-29(36-47-10-11-48-36)40(20-22)34(42)25-16-24(3)31(18-27(25)38)45-8-6-5-7-9-46-33-19-28(39)26(17-32(33)44-4)35(43)41-21-23(2)15-30(41)37-49-12-13-50-37/h16-19,29-30,36-37H,1-2,5-15,20-21,38-39H2,3-4H3/t29-,30-/m0/s1. The summed E-state index contributed by atoms with van der Waals surface area (Å²) < 4.78 is 40.4. The fourth-order valence-electron chi connectivity index (χ4n) is 6.92. The molecule has 4 aliphatic heterocycles. The average Bonchev–Trinajstić information content (AvgIpc) is 3.93. The van der Waals surface area contributed by atoms with Crippen LogP contribution in [0.3, 0.4) is 0 Å². The molecule has 2 atom stereocenters. The Labute approximate surface area is 293 Å². The molecular weight excluding hydrogens is 644 g/mol. The van der Waals surface area contributed by atoms with Crippen LogP contribution < -0.4 is 25.7 Å². The fourth-order valence-corrected chi connectivity index (χ4v) is 6.92. The average molecular weight is 693 g/mol. The minimum absolute atomic E-state index is 0.171. The van der Waals surface area contributed by atoms with E-state index in [9.17, 15) is 9.59 Å². The molecule has 0 radical (unpaired) electrons. The molecule has 4 aliphatic rings. The molecule has 13 nitrogen and oxygen atoms in total. The van der Waals surface area contributed by atoms with Crippen LogP contribution in [0.25, 0.3) is 0 Å². The smallest absolute Gasteiger partial charge is 0.256 e. The van der Waals surface area contributed by atoms with Crippen molar-refractivity contribution in [3.05, 3.63) is 65.3 Å². The second kappa shape index (κ2) is 15.7. The molecule has 4 heterocycles. The number of rotatable bonds is 13. The zero-order valence-electron chi connectivity index (χ0n) is 28.9. The summed E-state index contributed by atoms with van der Waals surface area (Å²) in [7, 11) is 1.53. The van der Waals surface area contributed by atoms with Crippen LogP contribution in [0, 0.1) is 6.92 Å². The van der Waals surface area contributed by atoms with Gasteiger partial charge in [0.2, 0.25) is 0 Å². The number of carbonyl (C=O) groups excluding carboxylic acids is 2. The maximum atomic E-state index is 13.6. The predicted molar refractivity (Wildman–Crippen MR) is 186 cm³/mol. The summed E-state index contributed by atoms with van der Waals surface area (Å²) in [5.41, 5.74) is 16.9. The lowest BCUT2D eigenvalue weighted by atomic mass is 10.1. The largest absolute Gasteiger partial charge is 0.493 e. The van der Waals surface area contributed by atoms with Crippen LogP contribution >= 0.6 is 0 Å². The number of unbranched alkanes of at least 4 members (excludes halogenated alkanes) is 2. The number of likely N-dealkylation sites (tertiary alicyclic amines) is 2. The van der Waals surface area contributed by atoms with Gasteiger partial charge in [0.1, 0.15) is 5.75 Å². The van der Waals surface area contributed by atoms with E-state index in [0.29, 0.717) is 105 Å². The molecule has 50 heavy (non-hydrogen) atoms. The third-order valence-electron chi connectivity index (χ3n) is 9.48. The van der Waals surface area contributed by atoms with Gasteiger partial charge in [-0.15, -0.1) is 0 Å². The van der Waals surface area contributed by atoms with Gasteiger partial charge < -0.3 is 54.4 Å². The first kappa shape index (κ1) is 35.5. The highest BCUT2D eigenvalue weighted by Crippen LogP contribution is 2.36. The monoisotopic (exact) mass is 692 g/mol. The van der Waals surface area contributed by atoms with E-state index in [1.54, 1.807) is 34.1 Å². The number of aryl methyl sites for hydroxylation is 1. The van der Waals surface area contributed by atoms with Crippen LogP contribution in [0.2, 0.25) is 0 Å². The van der Waals surface area contributed by atoms with Crippen molar-refractivity contribution < 1.29 is 42.7 Å². The molecule has 4 N–H and O–H groups in total. The van der Waals surface area contributed by atoms with Gasteiger partial charge in [0, 0.05) is 36.6 Å². The molecule has 13 heteroatoms. The van der Waals surface area contributed by atoms with Crippen molar-refractivity contribution in [2.45, 2.75) is 63.7 Å². The van der Waals surface area contributed by atoms with E-state index in [1.807, 2.05) is 6.92 Å². The molecular formula is C37H48N4O9. The lowest BCUT2D eigenvalue weighted by molar-refractivity contribution is -0.0836. The van der Waals surface area contributed by atoms with E-state index >= 15 is 0 Å². The zero-order valence-corrected chi connectivity index (χ0v) is 28.9. The number of methoxy groups -OCH3 is 1. The van der Waals surface area contributed by atoms with E-state index in [0.717, 1.165) is 36.0 Å². The molecule has 6 rings (SSSR count). The van der Waals surface area contributed by atoms with Crippen LogP contribution in [0.5, 0.6) is 17.2 Å². The number of amides is 2. The normalized spacial score (nSPS) is 21.4. The van der Waals surface area contributed by atoms with Gasteiger partial charge in [-0.3, -0.25) is 9.59 Å². The molecule has 0 saturated carbocycles. The van der Waals surface area contributed by atoms with Crippen molar-refractivity contribution in [1.29, 1.82) is 0 Å². The quantitative estimate of drug-likeness (QED) is 0.177. The Morgan fingerprint density at radius 2 is 1.18 bits per heavy atom. The highest BCUT2D eigenvalue weighted by atomic mass is 16.7. The third-order valence-corrected chi connectivity index (χ3v) is 9.48. The fraction of sp³-hybridized carbons (Fsp3) is 0.514. The van der Waals surface area contributed by atoms with E-state index in [4.69, 9.17) is 44.6 Å². The Hall–Kier alpha value is -4.30. The van der Waals surface area contributed by atoms with Gasteiger partial charge in [-0.25, -0.2) is 0 Å².